The maximum Gasteiger partial charge on any atom is 0.213 e. The zero-order valence-corrected chi connectivity index (χ0v) is 23.8. The number of aromatic nitrogens is 2. The third-order valence-electron chi connectivity index (χ3n) is 8.71. The summed E-state index contributed by atoms with van der Waals surface area (Å²) < 4.78 is 4.75. The van der Waals surface area contributed by atoms with E-state index in [1.165, 1.54) is 93.3 Å². The first kappa shape index (κ1) is 26.1. The molecule has 2 heterocycles. The van der Waals surface area contributed by atoms with Crippen molar-refractivity contribution in [3.8, 4) is 0 Å². The summed E-state index contributed by atoms with van der Waals surface area (Å²) in [5, 5.41) is 7.76. The Kier molecular flexibility index (Phi) is 7.25. The van der Waals surface area contributed by atoms with Crippen LogP contribution < -0.4 is 20.6 Å². The van der Waals surface area contributed by atoms with Crippen molar-refractivity contribution in [2.75, 3.05) is 11.5 Å². The molecule has 0 atom stereocenters. The average molecular weight is 529 g/mol. The summed E-state index contributed by atoms with van der Waals surface area (Å²) in [5.41, 5.74) is 19.4. The number of hydrogen-bond acceptors (Lipinski definition) is 2. The quantitative estimate of drug-likeness (QED) is 0.0899. The van der Waals surface area contributed by atoms with E-state index in [4.69, 9.17) is 11.5 Å². The number of benzene rings is 4. The van der Waals surface area contributed by atoms with Crippen LogP contribution >= 0.6 is 0 Å². The van der Waals surface area contributed by atoms with Gasteiger partial charge in [-0.05, 0) is 49.2 Å². The normalized spacial score (nSPS) is 11.8. The van der Waals surface area contributed by atoms with Crippen molar-refractivity contribution >= 4 is 54.7 Å². The van der Waals surface area contributed by atoms with Crippen molar-refractivity contribution in [1.82, 2.24) is 0 Å². The number of aryl methyl sites for hydroxylation is 4. The van der Waals surface area contributed by atoms with Gasteiger partial charge in [0.15, 0.2) is 11.4 Å². The van der Waals surface area contributed by atoms with Crippen molar-refractivity contribution in [3.63, 3.8) is 0 Å². The fraction of sp³-hybridized carbons (Fsp3) is 0.278. The van der Waals surface area contributed by atoms with Crippen molar-refractivity contribution in [2.45, 2.75) is 51.4 Å². The summed E-state index contributed by atoms with van der Waals surface area (Å²) in [7, 11) is 4.40. The average Bonchev–Trinajstić information content (AvgIpc) is 2.97. The number of nitrogens with zero attached hydrogens (tertiary/aromatic N) is 2. The molecule has 4 heteroatoms. The van der Waals surface area contributed by atoms with Gasteiger partial charge < -0.3 is 11.5 Å². The Balaban J connectivity index is 1.08. The molecule has 0 saturated heterocycles. The molecule has 0 unspecified atom stereocenters. The monoisotopic (exact) mass is 528 g/mol. The molecular weight excluding hydrogens is 488 g/mol. The van der Waals surface area contributed by atoms with Crippen LogP contribution in [0.3, 0.4) is 0 Å². The SMILES string of the molecule is C[n+]1c(CCCCCCCCc2c3cc(N)ccc3c3ccccc3[n+]2C)c2cc(N)ccc2c2ccccc21. The Morgan fingerprint density at radius 3 is 1.30 bits per heavy atom. The Morgan fingerprint density at radius 1 is 0.450 bits per heavy atom. The largest absolute Gasteiger partial charge is 0.399 e. The molecule has 0 saturated carbocycles. The van der Waals surface area contributed by atoms with Gasteiger partial charge in [0, 0.05) is 47.1 Å². The number of hydrogen-bond donors (Lipinski definition) is 2. The Morgan fingerprint density at radius 2 is 0.850 bits per heavy atom. The summed E-state index contributed by atoms with van der Waals surface area (Å²) >= 11 is 0. The maximum atomic E-state index is 6.21. The van der Waals surface area contributed by atoms with Gasteiger partial charge >= 0.3 is 0 Å². The molecule has 202 valence electrons. The molecule has 4 N–H and O–H groups in total. The number of rotatable bonds is 9. The molecule has 6 aromatic rings. The van der Waals surface area contributed by atoms with Crippen LogP contribution in [0.15, 0.2) is 84.9 Å². The molecule has 0 aliphatic heterocycles. The fourth-order valence-corrected chi connectivity index (χ4v) is 6.61. The van der Waals surface area contributed by atoms with E-state index in [0.717, 1.165) is 24.2 Å². The molecular formula is C36H40N4+2. The number of unbranched alkanes of at least 4 members (excludes halogenated alkanes) is 5. The van der Waals surface area contributed by atoms with E-state index < -0.39 is 0 Å². The highest BCUT2D eigenvalue weighted by atomic mass is 14.9. The number of pyridine rings is 2. The van der Waals surface area contributed by atoms with E-state index in [1.54, 1.807) is 0 Å². The Hall–Kier alpha value is -4.18. The lowest BCUT2D eigenvalue weighted by Gasteiger charge is -2.11. The van der Waals surface area contributed by atoms with Crippen molar-refractivity contribution in [1.29, 1.82) is 0 Å². The topological polar surface area (TPSA) is 59.8 Å². The molecule has 4 nitrogen and oxygen atoms in total. The molecule has 0 amide bonds. The lowest BCUT2D eigenvalue weighted by molar-refractivity contribution is -0.651. The second-order valence-corrected chi connectivity index (χ2v) is 11.3. The predicted molar refractivity (Wildman–Crippen MR) is 169 cm³/mol. The molecule has 0 aliphatic carbocycles. The number of anilines is 2. The molecule has 0 spiro atoms. The van der Waals surface area contributed by atoms with Gasteiger partial charge in [0.25, 0.3) is 0 Å². The molecule has 40 heavy (non-hydrogen) atoms. The van der Waals surface area contributed by atoms with Gasteiger partial charge in [-0.25, -0.2) is 0 Å². The number of nitrogens with two attached hydrogens (primary N) is 2. The minimum absolute atomic E-state index is 0.833. The number of fused-ring (bicyclic) bond motifs is 6. The van der Waals surface area contributed by atoms with E-state index in [0.29, 0.717) is 0 Å². The molecule has 4 aromatic carbocycles. The Labute approximate surface area is 236 Å². The van der Waals surface area contributed by atoms with E-state index in [2.05, 4.69) is 96.0 Å². The van der Waals surface area contributed by atoms with Crippen LogP contribution in [0.5, 0.6) is 0 Å². The summed E-state index contributed by atoms with van der Waals surface area (Å²) in [6.45, 7) is 0. The van der Waals surface area contributed by atoms with Gasteiger partial charge in [-0.3, -0.25) is 0 Å². The first-order valence-corrected chi connectivity index (χ1v) is 14.7. The lowest BCUT2D eigenvalue weighted by atomic mass is 9.98. The molecule has 0 radical (unpaired) electrons. The van der Waals surface area contributed by atoms with Gasteiger partial charge in [0.2, 0.25) is 11.0 Å². The van der Waals surface area contributed by atoms with E-state index in [9.17, 15) is 0 Å². The van der Waals surface area contributed by atoms with Gasteiger partial charge in [0.05, 0.1) is 21.5 Å². The van der Waals surface area contributed by atoms with E-state index in [1.807, 2.05) is 12.1 Å². The van der Waals surface area contributed by atoms with Crippen LogP contribution in [-0.4, -0.2) is 0 Å². The second-order valence-electron chi connectivity index (χ2n) is 11.3. The van der Waals surface area contributed by atoms with Crippen LogP contribution in [0, 0.1) is 0 Å². The third kappa shape index (κ3) is 4.83. The maximum absolute atomic E-state index is 6.21. The zero-order chi connectivity index (χ0) is 27.6. The summed E-state index contributed by atoms with van der Waals surface area (Å²) in [6.07, 6.45) is 9.58. The van der Waals surface area contributed by atoms with Gasteiger partial charge in [-0.15, -0.1) is 0 Å². The predicted octanol–water partition coefficient (Wildman–Crippen LogP) is 7.24. The first-order chi connectivity index (χ1) is 19.5. The molecule has 6 rings (SSSR count). The molecule has 0 aliphatic rings. The number of nitrogen functional groups attached to an aromatic ring is 2. The van der Waals surface area contributed by atoms with E-state index in [-0.39, 0.29) is 0 Å². The van der Waals surface area contributed by atoms with Crippen LogP contribution in [0.25, 0.3) is 43.4 Å². The van der Waals surface area contributed by atoms with E-state index >= 15 is 0 Å². The van der Waals surface area contributed by atoms with Gasteiger partial charge in [-0.2, -0.15) is 9.13 Å². The highest BCUT2D eigenvalue weighted by Gasteiger charge is 2.20. The highest BCUT2D eigenvalue weighted by Crippen LogP contribution is 2.29. The van der Waals surface area contributed by atoms with Crippen molar-refractivity contribution in [2.24, 2.45) is 14.1 Å². The second kappa shape index (κ2) is 11.1. The smallest absolute Gasteiger partial charge is 0.213 e. The van der Waals surface area contributed by atoms with Gasteiger partial charge in [-0.1, -0.05) is 62.1 Å². The third-order valence-corrected chi connectivity index (χ3v) is 8.71. The minimum Gasteiger partial charge on any atom is -0.399 e. The Bertz CT molecular complexity index is 1720. The number of para-hydroxylation sites is 2. The minimum atomic E-state index is 0.833. The van der Waals surface area contributed by atoms with Gasteiger partial charge in [0.1, 0.15) is 14.1 Å². The molecule has 0 fully saturated rings. The van der Waals surface area contributed by atoms with Crippen LogP contribution in [0.4, 0.5) is 11.4 Å². The molecule has 0 bridgehead atoms. The summed E-state index contributed by atoms with van der Waals surface area (Å²) in [4.78, 5) is 0. The highest BCUT2D eigenvalue weighted by molar-refractivity contribution is 6.06. The van der Waals surface area contributed by atoms with Crippen LogP contribution in [0.1, 0.15) is 49.9 Å². The molecule has 2 aromatic heterocycles. The summed E-state index contributed by atoms with van der Waals surface area (Å²) in [5.74, 6) is 0. The standard InChI is InChI=1S/C36H40N4/c1-39-33-17-11-9-13-29(33)27-21-19-25(37)23-31(27)35(39)15-7-5-3-4-6-8-16-36-32-24-26(38)20-22-28(32)30-14-10-12-18-34(30)40(36)2/h9-14,17-24H,3-8,15-16,37-38H2,1-2H3/q+2. The van der Waals surface area contributed by atoms with Crippen LogP contribution in [0.2, 0.25) is 0 Å². The van der Waals surface area contributed by atoms with Crippen molar-refractivity contribution in [3.05, 3.63) is 96.3 Å². The van der Waals surface area contributed by atoms with Crippen molar-refractivity contribution < 1.29 is 9.13 Å². The fourth-order valence-electron chi connectivity index (χ4n) is 6.61. The lowest BCUT2D eigenvalue weighted by Crippen LogP contribution is -2.35. The zero-order valence-electron chi connectivity index (χ0n) is 23.8. The first-order valence-electron chi connectivity index (χ1n) is 14.7. The summed E-state index contributed by atoms with van der Waals surface area (Å²) in [6, 6.07) is 30.1. The van der Waals surface area contributed by atoms with Crippen LogP contribution in [-0.2, 0) is 26.9 Å².